The minimum Gasteiger partial charge on any atom is -0.340 e. The van der Waals surface area contributed by atoms with Gasteiger partial charge in [-0.25, -0.2) is 0 Å². The molecule has 0 saturated carbocycles. The Morgan fingerprint density at radius 2 is 2.00 bits per heavy atom. The minimum absolute atomic E-state index is 0.0530. The SMILES string of the molecule is CC(C)C(N)CCN(C)C(=O)c1nccc2ccccc12. The molecule has 2 N–H and O–H groups in total. The van der Waals surface area contributed by atoms with Crippen LogP contribution in [0.3, 0.4) is 0 Å². The number of pyridine rings is 1. The van der Waals surface area contributed by atoms with Gasteiger partial charge in [-0.1, -0.05) is 38.1 Å². The lowest BCUT2D eigenvalue weighted by molar-refractivity contribution is 0.0785. The Bertz CT molecular complexity index is 619. The molecule has 2 aromatic rings. The molecule has 2 rings (SSSR count). The van der Waals surface area contributed by atoms with E-state index in [-0.39, 0.29) is 11.9 Å². The number of amides is 1. The molecule has 0 aliphatic carbocycles. The van der Waals surface area contributed by atoms with E-state index in [9.17, 15) is 4.79 Å². The molecule has 0 spiro atoms. The second kappa shape index (κ2) is 6.68. The lowest BCUT2D eigenvalue weighted by Gasteiger charge is -2.21. The van der Waals surface area contributed by atoms with E-state index in [0.717, 1.165) is 17.2 Å². The first-order valence-corrected chi connectivity index (χ1v) is 7.35. The molecule has 21 heavy (non-hydrogen) atoms. The molecule has 0 aliphatic heterocycles. The Kier molecular flexibility index (Phi) is 4.91. The van der Waals surface area contributed by atoms with Gasteiger partial charge in [0.2, 0.25) is 0 Å². The van der Waals surface area contributed by atoms with Crippen molar-refractivity contribution in [2.24, 2.45) is 11.7 Å². The quantitative estimate of drug-likeness (QED) is 0.919. The minimum atomic E-state index is -0.0530. The molecule has 112 valence electrons. The molecule has 1 heterocycles. The van der Waals surface area contributed by atoms with Crippen LogP contribution in [0.15, 0.2) is 36.5 Å². The molecule has 0 radical (unpaired) electrons. The summed E-state index contributed by atoms with van der Waals surface area (Å²) in [5.41, 5.74) is 6.55. The Hall–Kier alpha value is -1.94. The Balaban J connectivity index is 2.15. The summed E-state index contributed by atoms with van der Waals surface area (Å²) in [5, 5.41) is 1.92. The zero-order chi connectivity index (χ0) is 15.4. The van der Waals surface area contributed by atoms with Crippen molar-refractivity contribution in [1.29, 1.82) is 0 Å². The van der Waals surface area contributed by atoms with Crippen LogP contribution in [0.25, 0.3) is 10.8 Å². The molecule has 1 aromatic carbocycles. The van der Waals surface area contributed by atoms with Gasteiger partial charge < -0.3 is 10.6 Å². The first kappa shape index (κ1) is 15.4. The predicted octanol–water partition coefficient (Wildman–Crippen LogP) is 2.68. The molecule has 4 heteroatoms. The van der Waals surface area contributed by atoms with E-state index in [1.165, 1.54) is 0 Å². The number of aromatic nitrogens is 1. The van der Waals surface area contributed by atoms with E-state index in [1.807, 2.05) is 30.3 Å². The van der Waals surface area contributed by atoms with Crippen molar-refractivity contribution in [2.75, 3.05) is 13.6 Å². The third-order valence-electron chi connectivity index (χ3n) is 3.88. The maximum absolute atomic E-state index is 12.6. The largest absolute Gasteiger partial charge is 0.340 e. The Labute approximate surface area is 126 Å². The molecule has 0 saturated heterocycles. The first-order chi connectivity index (χ1) is 10.0. The number of fused-ring (bicyclic) bond motifs is 1. The fourth-order valence-corrected chi connectivity index (χ4v) is 2.25. The van der Waals surface area contributed by atoms with Crippen molar-refractivity contribution in [2.45, 2.75) is 26.3 Å². The standard InChI is InChI=1S/C17H23N3O/c1-12(2)15(18)9-11-20(3)17(21)16-14-7-5-4-6-13(14)8-10-19-16/h4-8,10,12,15H,9,11,18H2,1-3H3. The number of hydrogen-bond acceptors (Lipinski definition) is 3. The average Bonchev–Trinajstić information content (AvgIpc) is 2.50. The van der Waals surface area contributed by atoms with Gasteiger partial charge in [-0.05, 0) is 23.8 Å². The summed E-state index contributed by atoms with van der Waals surface area (Å²) in [6.07, 6.45) is 2.48. The number of carbonyl (C=O) groups excluding carboxylic acids is 1. The van der Waals surface area contributed by atoms with Crippen LogP contribution in [-0.2, 0) is 0 Å². The Morgan fingerprint density at radius 3 is 2.71 bits per heavy atom. The maximum atomic E-state index is 12.6. The molecule has 1 unspecified atom stereocenters. The maximum Gasteiger partial charge on any atom is 0.272 e. The van der Waals surface area contributed by atoms with Gasteiger partial charge in [0.15, 0.2) is 0 Å². The van der Waals surface area contributed by atoms with Gasteiger partial charge in [-0.2, -0.15) is 0 Å². The van der Waals surface area contributed by atoms with Crippen LogP contribution in [0.5, 0.6) is 0 Å². The summed E-state index contributed by atoms with van der Waals surface area (Å²) < 4.78 is 0. The van der Waals surface area contributed by atoms with Crippen LogP contribution in [0.1, 0.15) is 30.8 Å². The number of nitrogens with zero attached hydrogens (tertiary/aromatic N) is 2. The summed E-state index contributed by atoms with van der Waals surface area (Å²) >= 11 is 0. The van der Waals surface area contributed by atoms with Gasteiger partial charge in [-0.15, -0.1) is 0 Å². The van der Waals surface area contributed by atoms with Gasteiger partial charge in [-0.3, -0.25) is 9.78 Å². The molecule has 4 nitrogen and oxygen atoms in total. The van der Waals surface area contributed by atoms with E-state index in [1.54, 1.807) is 18.1 Å². The van der Waals surface area contributed by atoms with Crippen molar-refractivity contribution in [3.63, 3.8) is 0 Å². The topological polar surface area (TPSA) is 59.2 Å². The lowest BCUT2D eigenvalue weighted by Crippen LogP contribution is -2.35. The highest BCUT2D eigenvalue weighted by Gasteiger charge is 2.17. The number of nitrogens with two attached hydrogens (primary N) is 1. The smallest absolute Gasteiger partial charge is 0.272 e. The molecule has 1 aromatic heterocycles. The summed E-state index contributed by atoms with van der Waals surface area (Å²) in [6, 6.07) is 9.84. The van der Waals surface area contributed by atoms with Crippen molar-refractivity contribution in [3.8, 4) is 0 Å². The fourth-order valence-electron chi connectivity index (χ4n) is 2.25. The van der Waals surface area contributed by atoms with Crippen molar-refractivity contribution < 1.29 is 4.79 Å². The van der Waals surface area contributed by atoms with Gasteiger partial charge >= 0.3 is 0 Å². The van der Waals surface area contributed by atoms with E-state index in [2.05, 4.69) is 18.8 Å². The van der Waals surface area contributed by atoms with Gasteiger partial charge in [0.25, 0.3) is 5.91 Å². The van der Waals surface area contributed by atoms with E-state index >= 15 is 0 Å². The van der Waals surface area contributed by atoms with Crippen LogP contribution >= 0.6 is 0 Å². The first-order valence-electron chi connectivity index (χ1n) is 7.35. The average molecular weight is 285 g/mol. The molecule has 0 fully saturated rings. The third-order valence-corrected chi connectivity index (χ3v) is 3.88. The number of rotatable bonds is 5. The van der Waals surface area contributed by atoms with Crippen LogP contribution in [0.4, 0.5) is 0 Å². The van der Waals surface area contributed by atoms with E-state index in [0.29, 0.717) is 18.2 Å². The third kappa shape index (κ3) is 3.58. The zero-order valence-electron chi connectivity index (χ0n) is 12.9. The monoisotopic (exact) mass is 285 g/mol. The summed E-state index contributed by atoms with van der Waals surface area (Å²) in [7, 11) is 1.80. The molecular formula is C17H23N3O. The van der Waals surface area contributed by atoms with Crippen LogP contribution in [-0.4, -0.2) is 35.4 Å². The zero-order valence-corrected chi connectivity index (χ0v) is 12.9. The number of hydrogen-bond donors (Lipinski definition) is 1. The Morgan fingerprint density at radius 1 is 1.29 bits per heavy atom. The highest BCUT2D eigenvalue weighted by atomic mass is 16.2. The summed E-state index contributed by atoms with van der Waals surface area (Å²) in [5.74, 6) is 0.368. The highest BCUT2D eigenvalue weighted by Crippen LogP contribution is 2.17. The van der Waals surface area contributed by atoms with Gasteiger partial charge in [0, 0.05) is 31.2 Å². The predicted molar refractivity (Wildman–Crippen MR) is 86.1 cm³/mol. The highest BCUT2D eigenvalue weighted by molar-refractivity contribution is 6.04. The normalized spacial score (nSPS) is 12.6. The molecule has 1 atom stereocenters. The lowest BCUT2D eigenvalue weighted by atomic mass is 10.0. The summed E-state index contributed by atoms with van der Waals surface area (Å²) in [4.78, 5) is 18.5. The second-order valence-electron chi connectivity index (χ2n) is 5.80. The van der Waals surface area contributed by atoms with Crippen LogP contribution in [0, 0.1) is 5.92 Å². The molecule has 0 aliphatic rings. The molecular weight excluding hydrogens is 262 g/mol. The summed E-state index contributed by atoms with van der Waals surface area (Å²) in [6.45, 7) is 4.83. The number of benzene rings is 1. The van der Waals surface area contributed by atoms with Crippen LogP contribution < -0.4 is 5.73 Å². The molecule has 1 amide bonds. The fraction of sp³-hybridized carbons (Fsp3) is 0.412. The van der Waals surface area contributed by atoms with Gasteiger partial charge in [0.05, 0.1) is 0 Å². The van der Waals surface area contributed by atoms with Crippen LogP contribution in [0.2, 0.25) is 0 Å². The second-order valence-corrected chi connectivity index (χ2v) is 5.80. The van der Waals surface area contributed by atoms with E-state index in [4.69, 9.17) is 5.73 Å². The van der Waals surface area contributed by atoms with Gasteiger partial charge in [0.1, 0.15) is 5.69 Å². The molecule has 0 bridgehead atoms. The van der Waals surface area contributed by atoms with Crippen molar-refractivity contribution in [1.82, 2.24) is 9.88 Å². The van der Waals surface area contributed by atoms with E-state index < -0.39 is 0 Å². The van der Waals surface area contributed by atoms with Crippen molar-refractivity contribution in [3.05, 3.63) is 42.2 Å². The van der Waals surface area contributed by atoms with Crippen molar-refractivity contribution >= 4 is 16.7 Å². The number of carbonyl (C=O) groups is 1.